The summed E-state index contributed by atoms with van der Waals surface area (Å²) < 4.78 is 122. The van der Waals surface area contributed by atoms with E-state index in [0.717, 1.165) is 12.3 Å². The first-order valence-corrected chi connectivity index (χ1v) is 16.3. The van der Waals surface area contributed by atoms with Crippen LogP contribution in [0, 0.1) is 19.7 Å². The van der Waals surface area contributed by atoms with Crippen molar-refractivity contribution in [3.8, 4) is 22.6 Å². The van der Waals surface area contributed by atoms with Crippen LogP contribution in [0.25, 0.3) is 11.1 Å². The van der Waals surface area contributed by atoms with Crippen molar-refractivity contribution >= 4 is 11.9 Å². The predicted molar refractivity (Wildman–Crippen MR) is 175 cm³/mol. The average molecular weight is 750 g/mol. The van der Waals surface area contributed by atoms with Crippen molar-refractivity contribution in [3.05, 3.63) is 116 Å². The molecular formula is C37H31F8N3O5. The van der Waals surface area contributed by atoms with Gasteiger partial charge < -0.3 is 15.2 Å². The molecule has 1 saturated heterocycles. The van der Waals surface area contributed by atoms with E-state index in [1.54, 1.807) is 24.8 Å². The van der Waals surface area contributed by atoms with E-state index >= 15 is 4.39 Å². The second kappa shape index (κ2) is 14.0. The summed E-state index contributed by atoms with van der Waals surface area (Å²) in [6.07, 6.45) is -12.0. The molecule has 1 fully saturated rings. The minimum Gasteiger partial charge on any atom is -0.481 e. The molecule has 0 aliphatic carbocycles. The molecule has 6 rings (SSSR count). The molecule has 0 saturated carbocycles. The Morgan fingerprint density at radius 2 is 1.66 bits per heavy atom. The topological polar surface area (TPSA) is 101 Å². The SMILES string of the molecule is Cc1cc(C)c2c(c1)Oc1cccc(c1)[C@@H](n1cc(CCN3CC(F)C3)c(C(F)(F)F)cc1=O)C(=O)N[C@@H](CC(=O)O)c1cc-2cc(C(F)(F)F)c1F. The molecule has 0 spiro atoms. The fourth-order valence-electron chi connectivity index (χ4n) is 6.83. The van der Waals surface area contributed by atoms with E-state index in [2.05, 4.69) is 5.32 Å². The number of aromatic nitrogens is 1. The van der Waals surface area contributed by atoms with Gasteiger partial charge >= 0.3 is 18.3 Å². The number of likely N-dealkylation sites (tertiary alicyclic amines) is 1. The van der Waals surface area contributed by atoms with Crippen molar-refractivity contribution in [1.82, 2.24) is 14.8 Å². The number of ether oxygens (including phenoxy) is 1. The minimum atomic E-state index is -5.28. The zero-order chi connectivity index (χ0) is 38.6. The lowest BCUT2D eigenvalue weighted by atomic mass is 9.91. The molecule has 8 nitrogen and oxygen atoms in total. The average Bonchev–Trinajstić information content (AvgIpc) is 3.02. The molecule has 16 heteroatoms. The van der Waals surface area contributed by atoms with Gasteiger partial charge in [0.15, 0.2) is 0 Å². The largest absolute Gasteiger partial charge is 0.481 e. The molecule has 3 heterocycles. The molecule has 53 heavy (non-hydrogen) atoms. The third-order valence-electron chi connectivity index (χ3n) is 9.22. The molecule has 280 valence electrons. The van der Waals surface area contributed by atoms with Crippen LogP contribution in [0.1, 0.15) is 57.4 Å². The van der Waals surface area contributed by atoms with Crippen LogP contribution in [0.3, 0.4) is 0 Å². The molecule has 0 radical (unpaired) electrons. The number of aliphatic carboxylic acids is 1. The number of carbonyl (C=O) groups is 2. The van der Waals surface area contributed by atoms with Crippen LogP contribution in [0.4, 0.5) is 35.1 Å². The number of amides is 1. The number of nitrogens with one attached hydrogen (secondary N) is 1. The van der Waals surface area contributed by atoms with E-state index in [9.17, 15) is 50.2 Å². The second-order valence-corrected chi connectivity index (χ2v) is 13.2. The van der Waals surface area contributed by atoms with Crippen molar-refractivity contribution in [3.63, 3.8) is 0 Å². The standard InChI is InChI=1S/C37H31F8N3O5/c1-18-8-19(2)32-22-11-25(33(39)27(12-22)37(43,44)45)28(14-31(50)51)46-35(52)34(20-4-3-5-24(10-20)53-29(32)9-18)48-15-21(6-7-47-16-23(38)17-47)26(13-30(48)49)36(40,41)42/h3-5,8-13,15,23,28,34H,6-7,14,16-17H2,1-2H3,(H,46,52)(H,50,51)/t28-,34+/m0/s1. The summed E-state index contributed by atoms with van der Waals surface area (Å²) in [5, 5.41) is 12.1. The number of nitrogens with zero attached hydrogens (tertiary/aromatic N) is 2. The molecule has 2 N–H and O–H groups in total. The Morgan fingerprint density at radius 3 is 2.30 bits per heavy atom. The number of hydrogen-bond donors (Lipinski definition) is 2. The third kappa shape index (κ3) is 7.77. The second-order valence-electron chi connectivity index (χ2n) is 13.2. The molecule has 2 atom stereocenters. The quantitative estimate of drug-likeness (QED) is 0.198. The summed E-state index contributed by atoms with van der Waals surface area (Å²) in [6.45, 7) is 3.26. The number of aryl methyl sites for hydroxylation is 2. The summed E-state index contributed by atoms with van der Waals surface area (Å²) >= 11 is 0. The Bertz CT molecular complexity index is 2160. The highest BCUT2D eigenvalue weighted by molar-refractivity contribution is 5.85. The van der Waals surface area contributed by atoms with Crippen LogP contribution >= 0.6 is 0 Å². The number of carboxylic acid groups (broad SMARTS) is 1. The predicted octanol–water partition coefficient (Wildman–Crippen LogP) is 7.53. The fraction of sp³-hybridized carbons (Fsp3) is 0.324. The first kappa shape index (κ1) is 37.5. The molecule has 2 aliphatic rings. The van der Waals surface area contributed by atoms with Crippen LogP contribution in [0.5, 0.6) is 11.5 Å². The van der Waals surface area contributed by atoms with Gasteiger partial charge in [-0.05, 0) is 78.4 Å². The van der Waals surface area contributed by atoms with Gasteiger partial charge in [0, 0.05) is 43.0 Å². The third-order valence-corrected chi connectivity index (χ3v) is 9.22. The van der Waals surface area contributed by atoms with Gasteiger partial charge in [0.25, 0.3) is 5.56 Å². The van der Waals surface area contributed by atoms with E-state index in [-0.39, 0.29) is 54.2 Å². The van der Waals surface area contributed by atoms with Gasteiger partial charge in [0.05, 0.1) is 23.6 Å². The van der Waals surface area contributed by atoms with Crippen molar-refractivity contribution < 1.29 is 54.6 Å². The van der Waals surface area contributed by atoms with Crippen LogP contribution in [-0.2, 0) is 28.4 Å². The summed E-state index contributed by atoms with van der Waals surface area (Å²) in [7, 11) is 0. The molecule has 3 aromatic carbocycles. The summed E-state index contributed by atoms with van der Waals surface area (Å²) in [5.74, 6) is -4.70. The van der Waals surface area contributed by atoms with Crippen molar-refractivity contribution in [1.29, 1.82) is 0 Å². The molecule has 2 aliphatic heterocycles. The minimum absolute atomic E-state index is 0.000228. The first-order chi connectivity index (χ1) is 24.8. The first-order valence-electron chi connectivity index (χ1n) is 16.3. The molecule has 1 amide bonds. The number of carboxylic acids is 1. The van der Waals surface area contributed by atoms with Crippen molar-refractivity contribution in [2.45, 2.75) is 57.3 Å². The van der Waals surface area contributed by atoms with Gasteiger partial charge in [-0.2, -0.15) is 26.3 Å². The number of alkyl halides is 7. The van der Waals surface area contributed by atoms with Crippen molar-refractivity contribution in [2.24, 2.45) is 0 Å². The molecular weight excluding hydrogens is 718 g/mol. The summed E-state index contributed by atoms with van der Waals surface area (Å²) in [6, 6.07) is 6.66. The van der Waals surface area contributed by atoms with E-state index in [1.807, 2.05) is 0 Å². The lowest BCUT2D eigenvalue weighted by molar-refractivity contribution is -0.140. The fourth-order valence-corrected chi connectivity index (χ4v) is 6.83. The summed E-state index contributed by atoms with van der Waals surface area (Å²) in [4.78, 5) is 41.5. The van der Waals surface area contributed by atoms with Crippen LogP contribution < -0.4 is 15.6 Å². The monoisotopic (exact) mass is 749 g/mol. The van der Waals surface area contributed by atoms with E-state index < -0.39 is 82.5 Å². The number of benzene rings is 3. The number of rotatable bonds is 6. The highest BCUT2D eigenvalue weighted by Crippen LogP contribution is 2.44. The Morgan fingerprint density at radius 1 is 0.962 bits per heavy atom. The zero-order valence-electron chi connectivity index (χ0n) is 28.0. The van der Waals surface area contributed by atoms with Gasteiger partial charge in [-0.15, -0.1) is 0 Å². The number of halogens is 8. The van der Waals surface area contributed by atoms with Crippen LogP contribution in [0.2, 0.25) is 0 Å². The van der Waals surface area contributed by atoms with Crippen LogP contribution in [0.15, 0.2) is 65.6 Å². The van der Waals surface area contributed by atoms with E-state index in [0.29, 0.717) is 27.8 Å². The number of fused-ring (bicyclic) bond motifs is 6. The van der Waals surface area contributed by atoms with Gasteiger partial charge in [-0.25, -0.2) is 8.78 Å². The maximum Gasteiger partial charge on any atom is 0.419 e. The normalized spacial score (nSPS) is 18.1. The maximum atomic E-state index is 16.0. The molecule has 4 bridgehead atoms. The Balaban J connectivity index is 1.60. The smallest absolute Gasteiger partial charge is 0.419 e. The number of carbonyl (C=O) groups excluding carboxylic acids is 1. The van der Waals surface area contributed by atoms with Gasteiger partial charge in [-0.1, -0.05) is 18.2 Å². The molecule has 0 unspecified atom stereocenters. The Labute approximate surface area is 296 Å². The lowest BCUT2D eigenvalue weighted by Crippen LogP contribution is -2.49. The van der Waals surface area contributed by atoms with Crippen LogP contribution in [-0.4, -0.2) is 52.3 Å². The van der Waals surface area contributed by atoms with Gasteiger partial charge in [-0.3, -0.25) is 23.9 Å². The Kier molecular flexibility index (Phi) is 9.87. The Hall–Kier alpha value is -5.25. The van der Waals surface area contributed by atoms with Gasteiger partial charge in [0.2, 0.25) is 5.91 Å². The maximum absolute atomic E-state index is 16.0. The van der Waals surface area contributed by atoms with Crippen molar-refractivity contribution in [2.75, 3.05) is 19.6 Å². The number of hydrogen-bond acceptors (Lipinski definition) is 5. The van der Waals surface area contributed by atoms with E-state index in [1.165, 1.54) is 30.3 Å². The van der Waals surface area contributed by atoms with E-state index in [4.69, 9.17) is 4.74 Å². The van der Waals surface area contributed by atoms with Gasteiger partial charge in [0.1, 0.15) is 29.5 Å². The zero-order valence-corrected chi connectivity index (χ0v) is 28.0. The number of pyridine rings is 1. The highest BCUT2D eigenvalue weighted by Gasteiger charge is 2.40. The highest BCUT2D eigenvalue weighted by atomic mass is 19.4. The molecule has 1 aromatic heterocycles. The summed E-state index contributed by atoms with van der Waals surface area (Å²) in [5.41, 5.74) is -4.71. The molecule has 4 aromatic rings. The lowest BCUT2D eigenvalue weighted by Gasteiger charge is -2.34.